The van der Waals surface area contributed by atoms with Crippen LogP contribution in [0.3, 0.4) is 0 Å². The Morgan fingerprint density at radius 3 is 1.93 bits per heavy atom. The largest absolute Gasteiger partial charge is 0.358 e. The van der Waals surface area contributed by atoms with Gasteiger partial charge >= 0.3 is 0 Å². The van der Waals surface area contributed by atoms with E-state index in [4.69, 9.17) is 0 Å². The third-order valence-electron chi connectivity index (χ3n) is 4.59. The second-order valence-electron chi connectivity index (χ2n) is 7.30. The van der Waals surface area contributed by atoms with Crippen molar-refractivity contribution >= 4 is 10.8 Å². The molecule has 4 rings (SSSR count). The molecule has 1 heteroatoms. The van der Waals surface area contributed by atoms with E-state index in [1.165, 1.54) is 42.0 Å². The molecule has 0 atom stereocenters. The van der Waals surface area contributed by atoms with Crippen LogP contribution in [-0.4, -0.2) is 0 Å². The van der Waals surface area contributed by atoms with Crippen molar-refractivity contribution in [2.75, 3.05) is 0 Å². The number of fused-ring (bicyclic) bond motifs is 2. The number of aryl methyl sites for hydroxylation is 1. The third-order valence-corrected chi connectivity index (χ3v) is 4.59. The average molecular weight is 544 g/mol. The predicted molar refractivity (Wildman–Crippen MR) is 129 cm³/mol. The van der Waals surface area contributed by atoms with Crippen LogP contribution in [0.15, 0.2) is 54.6 Å². The van der Waals surface area contributed by atoms with Crippen molar-refractivity contribution in [3.63, 3.8) is 0 Å². The Morgan fingerprint density at radius 1 is 0.929 bits per heavy atom. The average Bonchev–Trinajstić information content (AvgIpc) is 3.17. The fourth-order valence-corrected chi connectivity index (χ4v) is 3.64. The molecule has 1 aliphatic rings. The van der Waals surface area contributed by atoms with Gasteiger partial charge in [-0.05, 0) is 18.3 Å². The van der Waals surface area contributed by atoms with Gasteiger partial charge in [0.05, 0.1) is 0 Å². The van der Waals surface area contributed by atoms with Gasteiger partial charge < -0.3 is 37.1 Å². The van der Waals surface area contributed by atoms with Gasteiger partial charge in [-0.2, -0.15) is 24.3 Å². The van der Waals surface area contributed by atoms with Crippen molar-refractivity contribution in [2.24, 2.45) is 5.41 Å². The fraction of sp³-hybridized carbons (Fsp3) is 0.296. The van der Waals surface area contributed by atoms with Crippen LogP contribution in [-0.2, 0) is 45.1 Å². The molecule has 0 N–H and O–H groups in total. The monoisotopic (exact) mass is 545 g/mol. The summed E-state index contributed by atoms with van der Waals surface area (Å²) in [5, 5.41) is 2.95. The van der Waals surface area contributed by atoms with Crippen molar-refractivity contribution < 1.29 is 25.8 Å². The molecule has 0 fully saturated rings. The van der Waals surface area contributed by atoms with Crippen molar-refractivity contribution in [3.8, 4) is 0 Å². The van der Waals surface area contributed by atoms with Crippen molar-refractivity contribution in [3.05, 3.63) is 108 Å². The van der Waals surface area contributed by atoms with E-state index < -0.39 is 0 Å². The van der Waals surface area contributed by atoms with E-state index >= 15 is 0 Å². The molecule has 0 spiro atoms. The van der Waals surface area contributed by atoms with E-state index in [0.29, 0.717) is 5.41 Å². The van der Waals surface area contributed by atoms with E-state index in [-0.39, 0.29) is 63.0 Å². The van der Waals surface area contributed by atoms with Gasteiger partial charge in [-0.1, -0.05) is 44.7 Å². The summed E-state index contributed by atoms with van der Waals surface area (Å²) in [5.41, 5.74) is 5.17. The molecule has 1 aliphatic carbocycles. The molecule has 160 valence electrons. The molecule has 28 heavy (non-hydrogen) atoms. The molecule has 0 saturated carbocycles. The van der Waals surface area contributed by atoms with Gasteiger partial charge in [0, 0.05) is 25.8 Å². The Balaban J connectivity index is -0.000000233. The van der Waals surface area contributed by atoms with Gasteiger partial charge in [-0.15, -0.1) is 34.5 Å². The minimum atomic E-state index is 0. The van der Waals surface area contributed by atoms with Crippen molar-refractivity contribution in [1.29, 1.82) is 0 Å². The van der Waals surface area contributed by atoms with Crippen LogP contribution >= 0.6 is 0 Å². The zero-order chi connectivity index (χ0) is 15.6. The molecule has 0 radical (unpaired) electrons. The van der Waals surface area contributed by atoms with Crippen molar-refractivity contribution in [2.45, 2.75) is 46.5 Å². The molecular weight excluding hydrogens is 503 g/mol. The number of benzene rings is 1. The minimum absolute atomic E-state index is 0. The Kier molecular flexibility index (Phi) is 18.5. The predicted octanol–water partition coefficient (Wildman–Crippen LogP) is 8.29. The first-order chi connectivity index (χ1) is 10.6. The molecule has 0 saturated heterocycles. The summed E-state index contributed by atoms with van der Waals surface area (Å²) in [6.45, 7) is 7.02. The maximum Gasteiger partial charge on any atom is 0 e. The summed E-state index contributed by atoms with van der Waals surface area (Å²) in [6, 6.07) is 19.5. The van der Waals surface area contributed by atoms with Crippen LogP contribution in [0.1, 0.15) is 43.9 Å². The Labute approximate surface area is 196 Å². The first-order valence-electron chi connectivity index (χ1n) is 8.46. The standard InChI is InChI=1S/C17H21.C5H5.5CH3.Hf/c1-4-5-12-6-7-13-8-14-10-17(2,3)11-15(14)9-16(12)13;1-2-4-5-3-1;;;;;;/h6-9H,4-5,10-11H2,1-3H3;1-5H;5*1H3;/q7*-1;. The second kappa shape index (κ2) is 15.0. The van der Waals surface area contributed by atoms with E-state index in [0.717, 1.165) is 0 Å². The Bertz CT molecular complexity index is 712. The maximum absolute atomic E-state index is 2.46. The molecule has 0 nitrogen and oxygen atoms in total. The quantitative estimate of drug-likeness (QED) is 0.225. The van der Waals surface area contributed by atoms with Crippen LogP contribution < -0.4 is 0 Å². The van der Waals surface area contributed by atoms with E-state index in [1.807, 2.05) is 30.3 Å². The molecular formula is C27H41Hf-7. The van der Waals surface area contributed by atoms with E-state index in [1.54, 1.807) is 11.1 Å². The van der Waals surface area contributed by atoms with Crippen molar-refractivity contribution in [1.82, 2.24) is 0 Å². The molecule has 0 bridgehead atoms. The molecule has 3 aromatic rings. The van der Waals surface area contributed by atoms with Crippen LogP contribution in [0.25, 0.3) is 10.8 Å². The maximum atomic E-state index is 2.46. The number of hydrogen-bond acceptors (Lipinski definition) is 0. The SMILES string of the molecule is CCC[c-]1ccc2cc3c(cc21)CC(C)(C)C3.[CH3-].[CH3-].[CH3-].[CH3-].[CH3-].[Hf].c1cc[cH-]c1. The fourth-order valence-electron chi connectivity index (χ4n) is 3.64. The third kappa shape index (κ3) is 8.19. The topological polar surface area (TPSA) is 0 Å². The Hall–Kier alpha value is -0.950. The number of rotatable bonds is 2. The van der Waals surface area contributed by atoms with Gasteiger partial charge in [-0.3, -0.25) is 0 Å². The minimum Gasteiger partial charge on any atom is -0.358 e. The molecule has 0 amide bonds. The summed E-state index contributed by atoms with van der Waals surface area (Å²) >= 11 is 0. The van der Waals surface area contributed by atoms with Gasteiger partial charge in [0.15, 0.2) is 0 Å². The smallest absolute Gasteiger partial charge is 0 e. The number of hydrogen-bond donors (Lipinski definition) is 0. The molecule has 0 aliphatic heterocycles. The van der Waals surface area contributed by atoms with Crippen LogP contribution in [0, 0.1) is 42.5 Å². The summed E-state index contributed by atoms with van der Waals surface area (Å²) in [5.74, 6) is 0. The molecule has 0 aromatic heterocycles. The summed E-state index contributed by atoms with van der Waals surface area (Å²) in [4.78, 5) is 0. The van der Waals surface area contributed by atoms with Crippen LogP contribution in [0.5, 0.6) is 0 Å². The zero-order valence-electron chi connectivity index (χ0n) is 19.5. The van der Waals surface area contributed by atoms with E-state index in [9.17, 15) is 0 Å². The summed E-state index contributed by atoms with van der Waals surface area (Å²) in [6.07, 6.45) is 4.94. The summed E-state index contributed by atoms with van der Waals surface area (Å²) < 4.78 is 0. The molecule has 0 heterocycles. The first kappa shape index (κ1) is 34.5. The van der Waals surface area contributed by atoms with Crippen LogP contribution in [0.4, 0.5) is 0 Å². The molecule has 0 unspecified atom stereocenters. The Morgan fingerprint density at radius 2 is 1.46 bits per heavy atom. The zero-order valence-corrected chi connectivity index (χ0v) is 23.1. The van der Waals surface area contributed by atoms with E-state index in [2.05, 4.69) is 45.0 Å². The van der Waals surface area contributed by atoms with Gasteiger partial charge in [0.25, 0.3) is 0 Å². The second-order valence-corrected chi connectivity index (χ2v) is 7.30. The van der Waals surface area contributed by atoms with Gasteiger partial charge in [0.2, 0.25) is 0 Å². The molecule has 3 aromatic carbocycles. The van der Waals surface area contributed by atoms with Gasteiger partial charge in [0.1, 0.15) is 0 Å². The van der Waals surface area contributed by atoms with Crippen LogP contribution in [0.2, 0.25) is 0 Å². The normalized spacial score (nSPS) is 12.1. The first-order valence-corrected chi connectivity index (χ1v) is 8.46. The van der Waals surface area contributed by atoms with Gasteiger partial charge in [-0.25, -0.2) is 12.1 Å². The summed E-state index contributed by atoms with van der Waals surface area (Å²) in [7, 11) is 0.